The van der Waals surface area contributed by atoms with Crippen LogP contribution in [0.5, 0.6) is 0 Å². The molecule has 6 rings (SSSR count). The summed E-state index contributed by atoms with van der Waals surface area (Å²) in [6.07, 6.45) is 2.51. The molecule has 3 fully saturated rings. The summed E-state index contributed by atoms with van der Waals surface area (Å²) in [5.41, 5.74) is 3.31. The van der Waals surface area contributed by atoms with Gasteiger partial charge in [-0.25, -0.2) is 0 Å². The predicted octanol–water partition coefficient (Wildman–Crippen LogP) is 2.46. The van der Waals surface area contributed by atoms with Gasteiger partial charge in [0.1, 0.15) is 5.69 Å². The van der Waals surface area contributed by atoms with Crippen molar-refractivity contribution >= 4 is 16.8 Å². The summed E-state index contributed by atoms with van der Waals surface area (Å²) in [5, 5.41) is 1.19. The molecule has 4 heteroatoms. The molecular formula is C18H21N3O. The topological polar surface area (TPSA) is 28.5 Å². The monoisotopic (exact) mass is 295 g/mol. The van der Waals surface area contributed by atoms with Crippen LogP contribution in [0.25, 0.3) is 10.9 Å². The molecule has 2 bridgehead atoms. The van der Waals surface area contributed by atoms with Crippen LogP contribution >= 0.6 is 0 Å². The second kappa shape index (κ2) is 4.35. The highest BCUT2D eigenvalue weighted by Gasteiger charge is 2.42. The second-order valence-electron chi connectivity index (χ2n) is 7.14. The largest absolute Gasteiger partial charge is 0.318 e. The first-order valence-corrected chi connectivity index (χ1v) is 8.34. The number of piperidine rings is 3. The van der Waals surface area contributed by atoms with Crippen molar-refractivity contribution in [3.05, 3.63) is 35.5 Å². The molecule has 1 aromatic carbocycles. The van der Waals surface area contributed by atoms with Gasteiger partial charge in [-0.05, 0) is 57.0 Å². The van der Waals surface area contributed by atoms with Crippen LogP contribution in [-0.2, 0) is 6.67 Å². The minimum absolute atomic E-state index is 0.229. The van der Waals surface area contributed by atoms with E-state index in [-0.39, 0.29) is 5.91 Å². The van der Waals surface area contributed by atoms with Gasteiger partial charge < -0.3 is 14.4 Å². The number of fused-ring (bicyclic) bond motifs is 6. The fourth-order valence-corrected chi connectivity index (χ4v) is 4.63. The first-order valence-electron chi connectivity index (χ1n) is 8.34. The van der Waals surface area contributed by atoms with Crippen LogP contribution in [0.2, 0.25) is 0 Å². The van der Waals surface area contributed by atoms with Crippen LogP contribution < -0.4 is 0 Å². The number of benzene rings is 1. The number of carbonyl (C=O) groups is 1. The maximum atomic E-state index is 12.9. The fourth-order valence-electron chi connectivity index (χ4n) is 4.63. The molecule has 1 aromatic heterocycles. The normalized spacial score (nSPS) is 30.3. The summed E-state index contributed by atoms with van der Waals surface area (Å²) in [5.74, 6) is 0.930. The molecule has 22 heavy (non-hydrogen) atoms. The molecule has 0 radical (unpaired) electrons. The van der Waals surface area contributed by atoms with Gasteiger partial charge >= 0.3 is 0 Å². The molecule has 1 atom stereocenters. The molecule has 3 saturated heterocycles. The van der Waals surface area contributed by atoms with Crippen molar-refractivity contribution in [2.75, 3.05) is 19.6 Å². The van der Waals surface area contributed by atoms with Gasteiger partial charge in [0.25, 0.3) is 5.91 Å². The number of amides is 1. The number of nitrogens with zero attached hydrogens (tertiary/aromatic N) is 3. The minimum Gasteiger partial charge on any atom is -0.318 e. The van der Waals surface area contributed by atoms with Crippen LogP contribution in [0.4, 0.5) is 0 Å². The molecular weight excluding hydrogens is 274 g/mol. The molecule has 0 aliphatic carbocycles. The highest BCUT2D eigenvalue weighted by atomic mass is 16.2. The van der Waals surface area contributed by atoms with Crippen molar-refractivity contribution in [1.29, 1.82) is 0 Å². The molecule has 0 saturated carbocycles. The van der Waals surface area contributed by atoms with E-state index in [9.17, 15) is 4.79 Å². The molecule has 2 aromatic rings. The maximum Gasteiger partial charge on any atom is 0.272 e. The first kappa shape index (κ1) is 12.7. The average molecular weight is 295 g/mol. The summed E-state index contributed by atoms with van der Waals surface area (Å²) < 4.78 is 2.20. The third kappa shape index (κ3) is 1.64. The summed E-state index contributed by atoms with van der Waals surface area (Å²) in [6, 6.07) is 8.95. The number of aryl methyl sites for hydroxylation is 1. The Morgan fingerprint density at radius 2 is 1.95 bits per heavy atom. The fraction of sp³-hybridized carbons (Fsp3) is 0.500. The molecule has 4 aliphatic heterocycles. The zero-order valence-electron chi connectivity index (χ0n) is 13.0. The van der Waals surface area contributed by atoms with Crippen LogP contribution in [0.3, 0.4) is 0 Å². The number of rotatable bonds is 1. The summed E-state index contributed by atoms with van der Waals surface area (Å²) in [6.45, 7) is 6.34. The molecule has 4 aliphatic rings. The SMILES string of the molecule is Cc1ccc2c(c1)cc1n2CN(C2CN3CCC2CC3)C1=O. The van der Waals surface area contributed by atoms with Gasteiger partial charge in [0, 0.05) is 18.0 Å². The lowest BCUT2D eigenvalue weighted by atomic mass is 9.83. The van der Waals surface area contributed by atoms with E-state index in [1.807, 2.05) is 0 Å². The van der Waals surface area contributed by atoms with E-state index >= 15 is 0 Å². The highest BCUT2D eigenvalue weighted by molar-refractivity contribution is 6.00. The summed E-state index contributed by atoms with van der Waals surface area (Å²) in [4.78, 5) is 17.6. The van der Waals surface area contributed by atoms with E-state index in [2.05, 4.69) is 45.6 Å². The first-order chi connectivity index (χ1) is 10.7. The molecule has 1 amide bonds. The predicted molar refractivity (Wildman–Crippen MR) is 85.8 cm³/mol. The third-order valence-corrected chi connectivity index (χ3v) is 5.85. The van der Waals surface area contributed by atoms with E-state index in [1.54, 1.807) is 0 Å². The van der Waals surface area contributed by atoms with E-state index in [1.165, 1.54) is 42.4 Å². The Morgan fingerprint density at radius 1 is 1.14 bits per heavy atom. The zero-order chi connectivity index (χ0) is 14.8. The number of carbonyl (C=O) groups excluding carboxylic acids is 1. The van der Waals surface area contributed by atoms with Crippen molar-refractivity contribution in [2.24, 2.45) is 5.92 Å². The Morgan fingerprint density at radius 3 is 2.68 bits per heavy atom. The Labute approximate surface area is 130 Å². The van der Waals surface area contributed by atoms with Crippen molar-refractivity contribution in [2.45, 2.75) is 32.5 Å². The van der Waals surface area contributed by atoms with Crippen molar-refractivity contribution in [1.82, 2.24) is 14.4 Å². The van der Waals surface area contributed by atoms with E-state index in [0.717, 1.165) is 18.9 Å². The maximum absolute atomic E-state index is 12.9. The number of hydrogen-bond donors (Lipinski definition) is 0. The highest BCUT2D eigenvalue weighted by Crippen LogP contribution is 2.35. The lowest BCUT2D eigenvalue weighted by Gasteiger charge is -2.47. The second-order valence-corrected chi connectivity index (χ2v) is 7.14. The van der Waals surface area contributed by atoms with Gasteiger partial charge in [0.05, 0.1) is 12.2 Å². The lowest BCUT2D eigenvalue weighted by molar-refractivity contribution is 0.00465. The van der Waals surface area contributed by atoms with Crippen LogP contribution in [0.1, 0.15) is 28.9 Å². The lowest BCUT2D eigenvalue weighted by Crippen LogP contribution is -2.57. The van der Waals surface area contributed by atoms with Crippen LogP contribution in [-0.4, -0.2) is 46.0 Å². The van der Waals surface area contributed by atoms with Gasteiger partial charge in [-0.1, -0.05) is 11.6 Å². The smallest absolute Gasteiger partial charge is 0.272 e. The molecule has 5 heterocycles. The molecule has 4 nitrogen and oxygen atoms in total. The van der Waals surface area contributed by atoms with Gasteiger partial charge in [0.2, 0.25) is 0 Å². The molecule has 0 spiro atoms. The van der Waals surface area contributed by atoms with Gasteiger partial charge in [-0.2, -0.15) is 0 Å². The third-order valence-electron chi connectivity index (χ3n) is 5.85. The Hall–Kier alpha value is -1.81. The molecule has 114 valence electrons. The number of hydrogen-bond acceptors (Lipinski definition) is 2. The Bertz CT molecular complexity index is 770. The average Bonchev–Trinajstić information content (AvgIpc) is 3.05. The van der Waals surface area contributed by atoms with Crippen LogP contribution in [0.15, 0.2) is 24.3 Å². The molecule has 1 unspecified atom stereocenters. The van der Waals surface area contributed by atoms with Gasteiger partial charge in [-0.15, -0.1) is 0 Å². The zero-order valence-corrected chi connectivity index (χ0v) is 13.0. The van der Waals surface area contributed by atoms with Crippen molar-refractivity contribution in [3.8, 4) is 0 Å². The van der Waals surface area contributed by atoms with E-state index in [0.29, 0.717) is 12.0 Å². The number of aromatic nitrogens is 1. The van der Waals surface area contributed by atoms with E-state index in [4.69, 9.17) is 0 Å². The minimum atomic E-state index is 0.229. The van der Waals surface area contributed by atoms with Crippen LogP contribution in [0, 0.1) is 12.8 Å². The standard InChI is InChI=1S/C18H21N3O/c1-12-2-3-15-14(8-12)9-16-18(22)21(11-20(15)16)17-10-19-6-4-13(17)5-7-19/h2-3,8-9,13,17H,4-7,10-11H2,1H3. The summed E-state index contributed by atoms with van der Waals surface area (Å²) >= 11 is 0. The Kier molecular flexibility index (Phi) is 2.51. The van der Waals surface area contributed by atoms with Crippen molar-refractivity contribution in [3.63, 3.8) is 0 Å². The molecule has 0 N–H and O–H groups in total. The quantitative estimate of drug-likeness (QED) is 0.808. The van der Waals surface area contributed by atoms with E-state index < -0.39 is 0 Å². The Balaban J connectivity index is 1.52. The van der Waals surface area contributed by atoms with Gasteiger partial charge in [-0.3, -0.25) is 4.79 Å². The van der Waals surface area contributed by atoms with Crippen molar-refractivity contribution < 1.29 is 4.79 Å². The van der Waals surface area contributed by atoms with Gasteiger partial charge in [0.15, 0.2) is 0 Å². The summed E-state index contributed by atoms with van der Waals surface area (Å²) in [7, 11) is 0.